The summed E-state index contributed by atoms with van der Waals surface area (Å²) >= 11 is 1.89. The van der Waals surface area contributed by atoms with Crippen LogP contribution in [0.1, 0.15) is 133 Å². The van der Waals surface area contributed by atoms with Crippen molar-refractivity contribution < 1.29 is 150 Å². The topological polar surface area (TPSA) is 497 Å². The molecule has 13 N–H and O–H groups in total. The molecule has 32 nitrogen and oxygen atoms in total. The Labute approximate surface area is 616 Å². The molecule has 1 saturated heterocycles. The minimum Gasteiger partial charge on any atom is -0.549 e. The normalized spacial score (nSPS) is 15.2. The van der Waals surface area contributed by atoms with Gasteiger partial charge in [-0.2, -0.15) is 0 Å². The number of ketones is 2. The van der Waals surface area contributed by atoms with E-state index in [0.717, 1.165) is 0 Å². The molecule has 0 bridgehead atoms. The molecule has 0 unspecified atom stereocenters. The molecule has 0 aromatic heterocycles. The van der Waals surface area contributed by atoms with Crippen molar-refractivity contribution in [3.8, 4) is 5.75 Å². The molecule has 34 heteroatoms. The molecule has 5 amide bonds. The summed E-state index contributed by atoms with van der Waals surface area (Å²) in [5.74, 6) is -14.2. The van der Waals surface area contributed by atoms with Crippen molar-refractivity contribution in [3.05, 3.63) is 63.2 Å². The number of rotatable bonds is 47. The molecule has 0 spiro atoms. The first kappa shape index (κ1) is 87.9. The number of carbonyl (C=O) groups is 14. The summed E-state index contributed by atoms with van der Waals surface area (Å²) in [6.45, 7) is -1.13. The summed E-state index contributed by atoms with van der Waals surface area (Å²) in [7, 11) is 0. The number of amides is 5. The fourth-order valence-electron chi connectivity index (χ4n) is 11.0. The van der Waals surface area contributed by atoms with Crippen LogP contribution in [0.3, 0.4) is 0 Å². The Hall–Kier alpha value is -7.18. The fraction of sp³-hybridized carbons (Fsp3) is 0.600. The number of benzene rings is 2. The van der Waals surface area contributed by atoms with E-state index in [2.05, 4.69) is 26.6 Å². The maximum absolute atomic E-state index is 14.6. The number of halogens is 1. The third kappa shape index (κ3) is 38.3. The van der Waals surface area contributed by atoms with Crippen LogP contribution in [-0.2, 0) is 75.2 Å². The third-order valence-electron chi connectivity index (χ3n) is 16.4. The number of aromatic hydroxyl groups is 1. The standard InChI is InChI=1S/C65H94IN9O23.Lu/c66-46-36-43(20-23-52(46)77)37-50(68-55(80)24-22-51(64(96)97)75-33-31-73(40-58(85)86)29-27-72(39-57(83)84)28-30-74(32-34-75)41-59(87)88)53(78)38-44(35-42-13-5-3-6-14-42)60(89)69-47(61(90)91)18-11-12-26-67-54(79)19-10-2-1-7-15-45(76)16-8-4-9-17-48(62(92)93)70-65(98)71-49(63(94)95)21-25-56(81)82;/h3,5-6,13-14,20,23,36,44,47-51,77H,1-2,4,7-12,15-19,21-22,24-35,37-41H2,(H,67,79)(H,68,80)(H,69,89)(H,81,82)(H,83,84)(H,85,86)(H,87,88)(H,90,91)(H,92,93)(H,94,95)(H,96,97)(H2,70,71,98);/q;+3/p-1/t44-,47+,48-,49-,50+,51-;/m0./s1. The van der Waals surface area contributed by atoms with Crippen molar-refractivity contribution in [3.63, 3.8) is 0 Å². The zero-order valence-electron chi connectivity index (χ0n) is 55.0. The molecule has 1 aliphatic rings. The Kier molecular flexibility index (Phi) is 43.1. The second-order valence-electron chi connectivity index (χ2n) is 24.2. The fourth-order valence-corrected chi connectivity index (χ4v) is 11.6. The average Bonchev–Trinajstić information content (AvgIpc) is 0.897. The molecule has 2 aromatic carbocycles. The van der Waals surface area contributed by atoms with Crippen LogP contribution in [0.5, 0.6) is 5.75 Å². The predicted octanol–water partition coefficient (Wildman–Crippen LogP) is 1.00. The van der Waals surface area contributed by atoms with E-state index in [1.54, 1.807) is 36.4 Å². The first-order valence-electron chi connectivity index (χ1n) is 32.7. The van der Waals surface area contributed by atoms with E-state index in [4.69, 9.17) is 5.11 Å². The van der Waals surface area contributed by atoms with E-state index in [-0.39, 0.29) is 165 Å². The van der Waals surface area contributed by atoms with Gasteiger partial charge in [0.25, 0.3) is 0 Å². The van der Waals surface area contributed by atoms with Gasteiger partial charge in [0.05, 0.1) is 28.7 Å². The number of urea groups is 1. The summed E-state index contributed by atoms with van der Waals surface area (Å²) < 4.78 is 0.419. The van der Waals surface area contributed by atoms with Gasteiger partial charge in [0.1, 0.15) is 35.7 Å². The number of nitrogens with one attached hydrogen (secondary N) is 5. The van der Waals surface area contributed by atoms with Gasteiger partial charge in [0.2, 0.25) is 17.7 Å². The van der Waals surface area contributed by atoms with Gasteiger partial charge in [0.15, 0.2) is 5.78 Å². The number of carboxylic acid groups (broad SMARTS) is 8. The van der Waals surface area contributed by atoms with Crippen molar-refractivity contribution in [1.82, 2.24) is 46.2 Å². The molecular formula is C65H93ILuN9O23+2. The zero-order valence-corrected chi connectivity index (χ0v) is 58.9. The Morgan fingerprint density at radius 3 is 1.49 bits per heavy atom. The number of unbranched alkanes of at least 4 members (excludes halogenated alkanes) is 6. The number of phenols is 1. The number of hydrogen-bond acceptors (Lipinski definition) is 20. The van der Waals surface area contributed by atoms with Gasteiger partial charge < -0.3 is 77.3 Å². The second-order valence-corrected chi connectivity index (χ2v) is 25.4. The first-order chi connectivity index (χ1) is 46.5. The van der Waals surface area contributed by atoms with E-state index in [9.17, 15) is 108 Å². The van der Waals surface area contributed by atoms with Crippen molar-refractivity contribution in [1.29, 1.82) is 0 Å². The summed E-state index contributed by atoms with van der Waals surface area (Å²) in [5, 5.41) is 102. The van der Waals surface area contributed by atoms with E-state index in [1.165, 1.54) is 31.7 Å². The molecule has 3 rings (SSSR count). The van der Waals surface area contributed by atoms with Crippen LogP contribution in [0.25, 0.3) is 0 Å². The summed E-state index contributed by atoms with van der Waals surface area (Å²) in [6.07, 6.45) is 2.78. The number of aliphatic carboxylic acids is 8. The number of Topliss-reactive ketones (excluding diaryl/α,β-unsaturated/α-hetero) is 2. The number of hydrogen-bond donors (Lipinski definition) is 13. The molecule has 0 radical (unpaired) electrons. The Balaban J connectivity index is 0.0000333. The van der Waals surface area contributed by atoms with Crippen LogP contribution in [-0.4, -0.2) is 252 Å². The number of carbonyl (C=O) groups excluding carboxylic acids is 7. The first-order valence-corrected chi connectivity index (χ1v) is 33.7. The third-order valence-corrected chi connectivity index (χ3v) is 17.3. The second kappa shape index (κ2) is 48.6. The van der Waals surface area contributed by atoms with Crippen LogP contribution in [0.4, 0.5) is 4.79 Å². The average molecular weight is 1670 g/mol. The van der Waals surface area contributed by atoms with Gasteiger partial charge in [-0.25, -0.2) is 19.2 Å². The van der Waals surface area contributed by atoms with Gasteiger partial charge in [0, 0.05) is 110 Å². The molecule has 1 heterocycles. The van der Waals surface area contributed by atoms with E-state index in [1.807, 2.05) is 22.6 Å². The molecule has 99 heavy (non-hydrogen) atoms. The quantitative estimate of drug-likeness (QED) is 0.0325. The molecule has 1 fully saturated rings. The number of nitrogens with zero attached hydrogens (tertiary/aromatic N) is 4. The van der Waals surface area contributed by atoms with Crippen LogP contribution in [0.15, 0.2) is 48.5 Å². The number of carboxylic acids is 8. The SMILES string of the molecule is O=C([O-])CN1CCN(CC(=O)O)CCN(CC(=O)O)CCN([C@@H](CCC(=O)N[C@H](Cc2ccc(O)c(I)c2)C(=O)C[C@H](Cc2ccccc2)C(=O)N[C@H](CCCCNC(=O)CCCCCCC(=O)CCCCC[C@H](NC(=O)N[C@@H](CCC(=O)O)C(=O)O)C(=O)O)C(=O)O)C(=O)O)CC1.[Lu+3]. The molecule has 2 aromatic rings. The molecule has 556 valence electrons. The van der Waals surface area contributed by atoms with Crippen LogP contribution in [0, 0.1) is 46.4 Å². The zero-order chi connectivity index (χ0) is 72.7. The van der Waals surface area contributed by atoms with Crippen molar-refractivity contribution in [2.75, 3.05) is 78.5 Å². The molecular weight excluding hydrogens is 1580 g/mol. The molecule has 1 aliphatic heterocycles. The smallest absolute Gasteiger partial charge is 0.549 e. The summed E-state index contributed by atoms with van der Waals surface area (Å²) in [6, 6.07) is 5.07. The van der Waals surface area contributed by atoms with E-state index < -0.39 is 153 Å². The largest absolute Gasteiger partial charge is 3.00 e. The van der Waals surface area contributed by atoms with Crippen LogP contribution < -0.4 is 31.7 Å². The van der Waals surface area contributed by atoms with Gasteiger partial charge in [-0.3, -0.25) is 62.8 Å². The Morgan fingerprint density at radius 2 is 0.980 bits per heavy atom. The summed E-state index contributed by atoms with van der Waals surface area (Å²) in [5.41, 5.74) is 1.13. The van der Waals surface area contributed by atoms with Crippen LogP contribution >= 0.6 is 22.6 Å². The van der Waals surface area contributed by atoms with Crippen molar-refractivity contribution >= 4 is 106 Å². The van der Waals surface area contributed by atoms with E-state index in [0.29, 0.717) is 72.5 Å². The number of phenolic OH excluding ortho intramolecular Hbond substituents is 1. The minimum atomic E-state index is -1.53. The minimum absolute atomic E-state index is 0. The maximum atomic E-state index is 14.6. The van der Waals surface area contributed by atoms with Crippen molar-refractivity contribution in [2.45, 2.75) is 165 Å². The van der Waals surface area contributed by atoms with Crippen molar-refractivity contribution in [2.24, 2.45) is 5.92 Å². The van der Waals surface area contributed by atoms with Gasteiger partial charge in [-0.1, -0.05) is 62.1 Å². The van der Waals surface area contributed by atoms with Gasteiger partial charge in [-0.15, -0.1) is 0 Å². The molecule has 6 atom stereocenters. The predicted molar refractivity (Wildman–Crippen MR) is 355 cm³/mol. The Bertz CT molecular complexity index is 2970. The van der Waals surface area contributed by atoms with Gasteiger partial charge >= 0.3 is 84.7 Å². The van der Waals surface area contributed by atoms with Crippen LogP contribution in [0.2, 0.25) is 0 Å². The molecule has 0 saturated carbocycles. The van der Waals surface area contributed by atoms with Gasteiger partial charge in [-0.05, 0) is 116 Å². The molecule has 0 aliphatic carbocycles. The monoisotopic (exact) mass is 1670 g/mol. The maximum Gasteiger partial charge on any atom is 3.00 e. The summed E-state index contributed by atoms with van der Waals surface area (Å²) in [4.78, 5) is 181. The Morgan fingerprint density at radius 1 is 0.475 bits per heavy atom. The van der Waals surface area contributed by atoms with E-state index >= 15 is 0 Å².